The Hall–Kier alpha value is -0.960. The molecule has 112 valence electrons. The molecule has 1 aliphatic rings. The molecule has 2 rings (SSSR count). The Labute approximate surface area is 122 Å². The monoisotopic (exact) mass is 318 g/mol. The molecule has 1 aliphatic heterocycles. The zero-order chi connectivity index (χ0) is 14.9. The summed E-state index contributed by atoms with van der Waals surface area (Å²) in [6.07, 6.45) is 1.94. The molecule has 20 heavy (non-hydrogen) atoms. The molecule has 6 nitrogen and oxygen atoms in total. The van der Waals surface area contributed by atoms with Crippen molar-refractivity contribution < 1.29 is 17.9 Å². The Kier molecular flexibility index (Phi) is 4.48. The number of sulfonamides is 1. The van der Waals surface area contributed by atoms with Crippen molar-refractivity contribution >= 4 is 27.3 Å². The minimum Gasteiger partial charge on any atom is -0.376 e. The van der Waals surface area contributed by atoms with Crippen LogP contribution in [0, 0.1) is 6.92 Å². The third-order valence-corrected chi connectivity index (χ3v) is 6.06. The predicted octanol–water partition coefficient (Wildman–Crippen LogP) is 1.00. The molecule has 1 saturated heterocycles. The Morgan fingerprint density at radius 2 is 2.30 bits per heavy atom. The molecule has 0 aromatic carbocycles. The molecule has 1 fully saturated rings. The molecular formula is C12H18N2O4S2. The predicted molar refractivity (Wildman–Crippen MR) is 76.3 cm³/mol. The van der Waals surface area contributed by atoms with Gasteiger partial charge in [-0.2, -0.15) is 0 Å². The minimum absolute atomic E-state index is 0.0237. The summed E-state index contributed by atoms with van der Waals surface area (Å²) in [7, 11) is -3.78. The van der Waals surface area contributed by atoms with Crippen molar-refractivity contribution in [3.05, 3.63) is 16.5 Å². The van der Waals surface area contributed by atoms with Gasteiger partial charge in [-0.3, -0.25) is 4.79 Å². The van der Waals surface area contributed by atoms with Gasteiger partial charge in [-0.25, -0.2) is 13.6 Å². The van der Waals surface area contributed by atoms with E-state index in [1.165, 1.54) is 5.38 Å². The highest BCUT2D eigenvalue weighted by atomic mass is 32.2. The molecule has 1 aromatic rings. The van der Waals surface area contributed by atoms with Crippen molar-refractivity contribution in [1.82, 2.24) is 5.32 Å². The van der Waals surface area contributed by atoms with E-state index in [2.05, 4.69) is 5.32 Å². The van der Waals surface area contributed by atoms with Crippen molar-refractivity contribution in [2.75, 3.05) is 6.61 Å². The second-order valence-corrected chi connectivity index (χ2v) is 7.56. The van der Waals surface area contributed by atoms with E-state index in [1.54, 1.807) is 6.92 Å². The molecule has 8 heteroatoms. The van der Waals surface area contributed by atoms with E-state index >= 15 is 0 Å². The van der Waals surface area contributed by atoms with Gasteiger partial charge < -0.3 is 10.1 Å². The van der Waals surface area contributed by atoms with Crippen molar-refractivity contribution in [2.24, 2.45) is 5.14 Å². The Morgan fingerprint density at radius 1 is 1.60 bits per heavy atom. The van der Waals surface area contributed by atoms with Crippen LogP contribution in [0.2, 0.25) is 0 Å². The van der Waals surface area contributed by atoms with Crippen molar-refractivity contribution in [2.45, 2.75) is 43.0 Å². The fourth-order valence-corrected chi connectivity index (χ4v) is 4.29. The summed E-state index contributed by atoms with van der Waals surface area (Å²) in [5, 5.41) is 9.47. The van der Waals surface area contributed by atoms with Crippen molar-refractivity contribution in [3.63, 3.8) is 0 Å². The van der Waals surface area contributed by atoms with Gasteiger partial charge in [0.25, 0.3) is 5.91 Å². The van der Waals surface area contributed by atoms with Crippen LogP contribution in [0.1, 0.15) is 35.7 Å². The maximum Gasteiger partial charge on any atom is 0.252 e. The molecule has 1 aromatic heterocycles. The third kappa shape index (κ3) is 3.20. The smallest absolute Gasteiger partial charge is 0.252 e. The first-order valence-corrected chi connectivity index (χ1v) is 8.76. The maximum atomic E-state index is 12.2. The number of rotatable bonds is 4. The van der Waals surface area contributed by atoms with E-state index in [9.17, 15) is 13.2 Å². The van der Waals surface area contributed by atoms with Gasteiger partial charge >= 0.3 is 0 Å². The summed E-state index contributed by atoms with van der Waals surface area (Å²) >= 11 is 0.966. The van der Waals surface area contributed by atoms with Crippen LogP contribution in [0.3, 0.4) is 0 Å². The van der Waals surface area contributed by atoms with Crippen LogP contribution in [0.25, 0.3) is 0 Å². The topological polar surface area (TPSA) is 98.5 Å². The number of amides is 1. The first-order valence-electron chi connectivity index (χ1n) is 6.34. The Morgan fingerprint density at radius 3 is 2.80 bits per heavy atom. The molecule has 0 saturated carbocycles. The first-order chi connectivity index (χ1) is 9.30. The standard InChI is InChI=1S/C12H18N2O4S2/c1-7-9(6-19-12(7)20(13,16)17)11(15)14-8(2)10-4-3-5-18-10/h6,8,10H,3-5H2,1-2H3,(H,14,15)(H2,13,16,17). The van der Waals surface area contributed by atoms with Gasteiger partial charge in [-0.05, 0) is 32.3 Å². The minimum atomic E-state index is -3.78. The fourth-order valence-electron chi connectivity index (χ4n) is 2.28. The third-order valence-electron chi connectivity index (χ3n) is 3.38. The Balaban J connectivity index is 2.12. The molecule has 2 unspecified atom stereocenters. The molecule has 0 spiro atoms. The summed E-state index contributed by atoms with van der Waals surface area (Å²) < 4.78 is 28.3. The van der Waals surface area contributed by atoms with Crippen LogP contribution in [0.5, 0.6) is 0 Å². The average molecular weight is 318 g/mol. The number of nitrogens with one attached hydrogen (secondary N) is 1. The zero-order valence-corrected chi connectivity index (χ0v) is 13.0. The van der Waals surface area contributed by atoms with Crippen LogP contribution in [0.15, 0.2) is 9.59 Å². The summed E-state index contributed by atoms with van der Waals surface area (Å²) in [5.74, 6) is -0.295. The van der Waals surface area contributed by atoms with Gasteiger partial charge in [0.2, 0.25) is 10.0 Å². The van der Waals surface area contributed by atoms with Gasteiger partial charge in [0.05, 0.1) is 17.7 Å². The van der Waals surface area contributed by atoms with E-state index in [0.717, 1.165) is 30.8 Å². The number of hydrogen-bond donors (Lipinski definition) is 2. The lowest BCUT2D eigenvalue weighted by molar-refractivity contribution is 0.0712. The number of ether oxygens (including phenoxy) is 1. The molecule has 0 radical (unpaired) electrons. The number of carbonyl (C=O) groups excluding carboxylic acids is 1. The van der Waals surface area contributed by atoms with Gasteiger partial charge in [-0.15, -0.1) is 11.3 Å². The van der Waals surface area contributed by atoms with Gasteiger partial charge in [0.1, 0.15) is 4.21 Å². The van der Waals surface area contributed by atoms with Crippen LogP contribution >= 0.6 is 11.3 Å². The SMILES string of the molecule is Cc1c(C(=O)NC(C)C2CCCO2)csc1S(N)(=O)=O. The van der Waals surface area contributed by atoms with E-state index in [1.807, 2.05) is 6.92 Å². The quantitative estimate of drug-likeness (QED) is 0.865. The molecule has 2 heterocycles. The number of nitrogens with two attached hydrogens (primary N) is 1. The van der Waals surface area contributed by atoms with Gasteiger partial charge in [0.15, 0.2) is 0 Å². The van der Waals surface area contributed by atoms with Crippen molar-refractivity contribution in [3.8, 4) is 0 Å². The summed E-state index contributed by atoms with van der Waals surface area (Å²) in [5.41, 5.74) is 0.749. The van der Waals surface area contributed by atoms with E-state index in [-0.39, 0.29) is 22.3 Å². The van der Waals surface area contributed by atoms with Gasteiger partial charge in [-0.1, -0.05) is 0 Å². The van der Waals surface area contributed by atoms with E-state index in [0.29, 0.717) is 11.1 Å². The maximum absolute atomic E-state index is 12.2. The highest BCUT2D eigenvalue weighted by molar-refractivity contribution is 7.91. The molecule has 0 aliphatic carbocycles. The normalized spacial score (nSPS) is 20.9. The fraction of sp³-hybridized carbons (Fsp3) is 0.583. The number of hydrogen-bond acceptors (Lipinski definition) is 5. The lowest BCUT2D eigenvalue weighted by Gasteiger charge is -2.19. The first kappa shape index (κ1) is 15.4. The van der Waals surface area contributed by atoms with Crippen molar-refractivity contribution in [1.29, 1.82) is 0 Å². The lowest BCUT2D eigenvalue weighted by Crippen LogP contribution is -2.40. The second kappa shape index (κ2) is 5.80. The van der Waals surface area contributed by atoms with Crippen LogP contribution < -0.4 is 10.5 Å². The number of thiophene rings is 1. The largest absolute Gasteiger partial charge is 0.376 e. The average Bonchev–Trinajstić information content (AvgIpc) is 2.95. The van der Waals surface area contributed by atoms with Crippen LogP contribution in [0.4, 0.5) is 0 Å². The van der Waals surface area contributed by atoms with E-state index < -0.39 is 10.0 Å². The molecule has 2 atom stereocenters. The van der Waals surface area contributed by atoms with E-state index in [4.69, 9.17) is 9.88 Å². The highest BCUT2D eigenvalue weighted by Gasteiger charge is 2.26. The van der Waals surface area contributed by atoms with Gasteiger partial charge in [0, 0.05) is 12.0 Å². The summed E-state index contributed by atoms with van der Waals surface area (Å²) in [6.45, 7) is 4.19. The molecular weight excluding hydrogens is 300 g/mol. The second-order valence-electron chi connectivity index (χ2n) is 4.92. The zero-order valence-electron chi connectivity index (χ0n) is 11.4. The Bertz CT molecular complexity index is 603. The lowest BCUT2D eigenvalue weighted by atomic mass is 10.1. The summed E-state index contributed by atoms with van der Waals surface area (Å²) in [4.78, 5) is 12.2. The number of primary sulfonamides is 1. The molecule has 1 amide bonds. The van der Waals surface area contributed by atoms with Crippen LogP contribution in [-0.4, -0.2) is 33.1 Å². The molecule has 0 bridgehead atoms. The highest BCUT2D eigenvalue weighted by Crippen LogP contribution is 2.25. The molecule has 3 N–H and O–H groups in total. The van der Waals surface area contributed by atoms with Crippen LogP contribution in [-0.2, 0) is 14.8 Å². The summed E-state index contributed by atoms with van der Waals surface area (Å²) in [6, 6.07) is -0.109. The number of carbonyl (C=O) groups is 1.